The van der Waals surface area contributed by atoms with Crippen LogP contribution in [0.15, 0.2) is 24.3 Å². The molecule has 1 aliphatic carbocycles. The molecule has 2 N–H and O–H groups in total. The molecular formula is C13H19FN2O2S. The molecule has 0 atom stereocenters. The van der Waals surface area contributed by atoms with E-state index in [1.165, 1.54) is 16.4 Å². The monoisotopic (exact) mass is 286 g/mol. The van der Waals surface area contributed by atoms with E-state index in [1.54, 1.807) is 12.1 Å². The molecule has 2 rings (SSSR count). The van der Waals surface area contributed by atoms with Gasteiger partial charge in [0, 0.05) is 6.54 Å². The molecule has 0 aliphatic heterocycles. The zero-order valence-corrected chi connectivity index (χ0v) is 11.6. The second-order valence-corrected chi connectivity index (χ2v) is 6.83. The summed E-state index contributed by atoms with van der Waals surface area (Å²) < 4.78 is 39.7. The van der Waals surface area contributed by atoms with E-state index in [4.69, 9.17) is 5.73 Å². The third-order valence-corrected chi connectivity index (χ3v) is 5.11. The molecule has 6 heteroatoms. The smallest absolute Gasteiger partial charge is 0.235 e. The summed E-state index contributed by atoms with van der Waals surface area (Å²) in [6, 6.07) is 5.96. The second kappa shape index (κ2) is 5.88. The van der Waals surface area contributed by atoms with Crippen LogP contribution in [0.2, 0.25) is 0 Å². The number of anilines is 1. The maximum atomic E-state index is 13.8. The predicted molar refractivity (Wildman–Crippen MR) is 73.9 cm³/mol. The Morgan fingerprint density at radius 2 is 2.00 bits per heavy atom. The molecule has 0 amide bonds. The van der Waals surface area contributed by atoms with Crippen LogP contribution in [-0.2, 0) is 10.0 Å². The summed E-state index contributed by atoms with van der Waals surface area (Å²) in [6.07, 6.45) is 2.40. The highest BCUT2D eigenvalue weighted by Gasteiger charge is 2.32. The number of sulfonamides is 1. The topological polar surface area (TPSA) is 63.4 Å². The van der Waals surface area contributed by atoms with E-state index in [2.05, 4.69) is 0 Å². The molecule has 1 aliphatic rings. The first-order chi connectivity index (χ1) is 9.04. The minimum atomic E-state index is -3.47. The van der Waals surface area contributed by atoms with Gasteiger partial charge in [0.15, 0.2) is 0 Å². The minimum Gasteiger partial charge on any atom is -0.330 e. The van der Waals surface area contributed by atoms with E-state index < -0.39 is 15.8 Å². The summed E-state index contributed by atoms with van der Waals surface area (Å²) in [5, 5.41) is 0. The molecule has 0 spiro atoms. The van der Waals surface area contributed by atoms with Gasteiger partial charge in [-0.25, -0.2) is 12.8 Å². The number of halogens is 1. The Balaban J connectivity index is 2.26. The Morgan fingerprint density at radius 1 is 1.32 bits per heavy atom. The van der Waals surface area contributed by atoms with Crippen molar-refractivity contribution in [1.29, 1.82) is 0 Å². The van der Waals surface area contributed by atoms with Gasteiger partial charge in [-0.15, -0.1) is 0 Å². The number of hydrogen-bond acceptors (Lipinski definition) is 3. The number of para-hydroxylation sites is 1. The molecule has 1 saturated carbocycles. The van der Waals surface area contributed by atoms with Crippen molar-refractivity contribution >= 4 is 15.7 Å². The highest BCUT2D eigenvalue weighted by molar-refractivity contribution is 7.92. The number of benzene rings is 1. The van der Waals surface area contributed by atoms with Crippen LogP contribution in [0, 0.1) is 11.7 Å². The van der Waals surface area contributed by atoms with Gasteiger partial charge in [0.1, 0.15) is 5.82 Å². The van der Waals surface area contributed by atoms with Gasteiger partial charge >= 0.3 is 0 Å². The Bertz CT molecular complexity index is 529. The molecule has 1 aromatic carbocycles. The van der Waals surface area contributed by atoms with Crippen molar-refractivity contribution in [2.24, 2.45) is 11.7 Å². The van der Waals surface area contributed by atoms with Crippen molar-refractivity contribution in [3.8, 4) is 0 Å². The Labute approximate surface area is 113 Å². The third kappa shape index (κ3) is 3.67. The quantitative estimate of drug-likeness (QED) is 0.830. The van der Waals surface area contributed by atoms with Crippen LogP contribution < -0.4 is 10.0 Å². The van der Waals surface area contributed by atoms with E-state index in [9.17, 15) is 12.8 Å². The van der Waals surface area contributed by atoms with E-state index in [1.807, 2.05) is 0 Å². The molecular weight excluding hydrogens is 267 g/mol. The summed E-state index contributed by atoms with van der Waals surface area (Å²) in [6.45, 7) is 0.608. The first-order valence-electron chi connectivity index (χ1n) is 6.49. The van der Waals surface area contributed by atoms with Gasteiger partial charge in [-0.2, -0.15) is 0 Å². The average molecular weight is 286 g/mol. The predicted octanol–water partition coefficient (Wildman–Crippen LogP) is 1.72. The highest BCUT2D eigenvalue weighted by Crippen LogP contribution is 2.33. The molecule has 0 saturated heterocycles. The van der Waals surface area contributed by atoms with Crippen molar-refractivity contribution < 1.29 is 12.8 Å². The van der Waals surface area contributed by atoms with Gasteiger partial charge in [0.2, 0.25) is 10.0 Å². The lowest BCUT2D eigenvalue weighted by molar-refractivity contribution is 0.580. The number of nitrogens with zero attached hydrogens (tertiary/aromatic N) is 1. The largest absolute Gasteiger partial charge is 0.330 e. The van der Waals surface area contributed by atoms with E-state index in [0.29, 0.717) is 13.0 Å². The number of nitrogens with two attached hydrogens (primary N) is 1. The molecule has 0 radical (unpaired) electrons. The fraction of sp³-hybridized carbons (Fsp3) is 0.538. The zero-order valence-electron chi connectivity index (χ0n) is 10.8. The normalized spacial score (nSPS) is 15.5. The maximum absolute atomic E-state index is 13.8. The van der Waals surface area contributed by atoms with Gasteiger partial charge in [-0.1, -0.05) is 12.1 Å². The van der Waals surface area contributed by atoms with E-state index in [0.717, 1.165) is 12.8 Å². The van der Waals surface area contributed by atoms with Crippen molar-refractivity contribution in [1.82, 2.24) is 0 Å². The van der Waals surface area contributed by atoms with Gasteiger partial charge in [0.25, 0.3) is 0 Å². The molecule has 19 heavy (non-hydrogen) atoms. The SMILES string of the molecule is NCCCN(c1ccccc1F)S(=O)(=O)CC1CC1. The van der Waals surface area contributed by atoms with E-state index in [-0.39, 0.29) is 23.9 Å². The molecule has 1 fully saturated rings. The molecule has 0 heterocycles. The van der Waals surface area contributed by atoms with Crippen LogP contribution >= 0.6 is 0 Å². The van der Waals surface area contributed by atoms with Gasteiger partial charge < -0.3 is 5.73 Å². The van der Waals surface area contributed by atoms with Crippen LogP contribution in [0.25, 0.3) is 0 Å². The standard InChI is InChI=1S/C13H19FN2O2S/c14-12-4-1-2-5-13(12)16(9-3-8-15)19(17,18)10-11-6-7-11/h1-2,4-5,11H,3,6-10,15H2. The Kier molecular flexibility index (Phi) is 4.42. The van der Waals surface area contributed by atoms with Crippen molar-refractivity contribution in [2.75, 3.05) is 23.1 Å². The van der Waals surface area contributed by atoms with Gasteiger partial charge in [-0.3, -0.25) is 4.31 Å². The van der Waals surface area contributed by atoms with Gasteiger partial charge in [0.05, 0.1) is 11.4 Å². The molecule has 0 aromatic heterocycles. The third-order valence-electron chi connectivity index (χ3n) is 3.17. The van der Waals surface area contributed by atoms with Gasteiger partial charge in [-0.05, 0) is 43.9 Å². The second-order valence-electron chi connectivity index (χ2n) is 4.89. The average Bonchev–Trinajstić information content (AvgIpc) is 3.14. The summed E-state index contributed by atoms with van der Waals surface area (Å²) in [4.78, 5) is 0. The molecule has 1 aromatic rings. The lowest BCUT2D eigenvalue weighted by Crippen LogP contribution is -2.36. The number of rotatable bonds is 7. The van der Waals surface area contributed by atoms with E-state index >= 15 is 0 Å². The fourth-order valence-corrected chi connectivity index (χ4v) is 3.93. The Morgan fingerprint density at radius 3 is 2.58 bits per heavy atom. The maximum Gasteiger partial charge on any atom is 0.235 e. The number of hydrogen-bond donors (Lipinski definition) is 1. The van der Waals surface area contributed by atoms with Crippen molar-refractivity contribution in [2.45, 2.75) is 19.3 Å². The molecule has 106 valence electrons. The lowest BCUT2D eigenvalue weighted by Gasteiger charge is -2.24. The van der Waals surface area contributed by atoms with Crippen LogP contribution in [0.3, 0.4) is 0 Å². The first kappa shape index (κ1) is 14.3. The van der Waals surface area contributed by atoms with Crippen LogP contribution in [0.1, 0.15) is 19.3 Å². The molecule has 0 unspecified atom stereocenters. The summed E-state index contributed by atoms with van der Waals surface area (Å²) in [7, 11) is -3.47. The summed E-state index contributed by atoms with van der Waals surface area (Å²) in [5.74, 6) is -0.178. The van der Waals surface area contributed by atoms with Crippen LogP contribution in [0.5, 0.6) is 0 Å². The summed E-state index contributed by atoms with van der Waals surface area (Å²) in [5.41, 5.74) is 5.56. The van der Waals surface area contributed by atoms with Crippen LogP contribution in [0.4, 0.5) is 10.1 Å². The van der Waals surface area contributed by atoms with Crippen molar-refractivity contribution in [3.63, 3.8) is 0 Å². The molecule has 4 nitrogen and oxygen atoms in total. The fourth-order valence-electron chi connectivity index (χ4n) is 1.97. The summed E-state index contributed by atoms with van der Waals surface area (Å²) >= 11 is 0. The minimum absolute atomic E-state index is 0.103. The first-order valence-corrected chi connectivity index (χ1v) is 8.10. The highest BCUT2D eigenvalue weighted by atomic mass is 32.2. The zero-order chi connectivity index (χ0) is 13.9. The molecule has 0 bridgehead atoms. The van der Waals surface area contributed by atoms with Crippen LogP contribution in [-0.4, -0.2) is 27.3 Å². The Hall–Kier alpha value is -1.14. The lowest BCUT2D eigenvalue weighted by atomic mass is 10.3. The van der Waals surface area contributed by atoms with Crippen molar-refractivity contribution in [3.05, 3.63) is 30.1 Å².